The molecule has 0 radical (unpaired) electrons. The van der Waals surface area contributed by atoms with Crippen LogP contribution in [0.4, 0.5) is 0 Å². The highest BCUT2D eigenvalue weighted by Gasteiger charge is 2.33. The summed E-state index contributed by atoms with van der Waals surface area (Å²) in [4.78, 5) is 5.42. The fraction of sp³-hybridized carbons (Fsp3) is 0.647. The van der Waals surface area contributed by atoms with Gasteiger partial charge in [-0.2, -0.15) is 0 Å². The fourth-order valence-corrected chi connectivity index (χ4v) is 3.69. The normalized spacial score (nSPS) is 28.5. The quantitative estimate of drug-likeness (QED) is 0.819. The Bertz CT molecular complexity index is 390. The first-order valence-corrected chi connectivity index (χ1v) is 7.85. The molecule has 2 aliphatic heterocycles. The lowest BCUT2D eigenvalue weighted by Gasteiger charge is -2.42. The summed E-state index contributed by atoms with van der Waals surface area (Å²) in [5.41, 5.74) is 1.48. The van der Waals surface area contributed by atoms with Crippen LogP contribution < -0.4 is 0 Å². The minimum Gasteiger partial charge on any atom is -0.298 e. The molecule has 2 heteroatoms. The molecule has 1 aromatic rings. The summed E-state index contributed by atoms with van der Waals surface area (Å²) in [5.74, 6) is 0. The van der Waals surface area contributed by atoms with Crippen molar-refractivity contribution in [3.05, 3.63) is 35.9 Å². The van der Waals surface area contributed by atoms with Crippen molar-refractivity contribution >= 4 is 0 Å². The number of rotatable bonds is 4. The molecule has 2 atom stereocenters. The minimum absolute atomic E-state index is 0.741. The molecule has 2 aliphatic rings. The first-order valence-electron chi connectivity index (χ1n) is 7.85. The summed E-state index contributed by atoms with van der Waals surface area (Å²) in [5, 5.41) is 0. The van der Waals surface area contributed by atoms with E-state index in [4.69, 9.17) is 0 Å². The standard InChI is InChI=1S/C17H26N2/c1-15-13-19-12-6-10-17(19)14-18(15)11-5-9-16-7-3-2-4-8-16/h2-4,7-8,15,17H,5-6,9-14H2,1H3/t15-,17-/m0/s1. The maximum absolute atomic E-state index is 2.72. The highest BCUT2D eigenvalue weighted by Crippen LogP contribution is 2.24. The Morgan fingerprint density at radius 2 is 2.00 bits per heavy atom. The Kier molecular flexibility index (Phi) is 4.19. The van der Waals surface area contributed by atoms with E-state index in [1.54, 1.807) is 0 Å². The Labute approximate surface area is 117 Å². The summed E-state index contributed by atoms with van der Waals surface area (Å²) >= 11 is 0. The lowest BCUT2D eigenvalue weighted by molar-refractivity contribution is 0.0589. The van der Waals surface area contributed by atoms with E-state index in [1.807, 2.05) is 0 Å². The zero-order valence-electron chi connectivity index (χ0n) is 12.1. The number of nitrogens with zero attached hydrogens (tertiary/aromatic N) is 2. The topological polar surface area (TPSA) is 6.48 Å². The Balaban J connectivity index is 1.47. The molecule has 0 unspecified atom stereocenters. The average Bonchev–Trinajstić information content (AvgIpc) is 2.87. The van der Waals surface area contributed by atoms with Gasteiger partial charge >= 0.3 is 0 Å². The molecule has 104 valence electrons. The summed E-state index contributed by atoms with van der Waals surface area (Å²) in [6, 6.07) is 12.5. The van der Waals surface area contributed by atoms with E-state index in [-0.39, 0.29) is 0 Å². The highest BCUT2D eigenvalue weighted by molar-refractivity contribution is 5.14. The number of aryl methyl sites for hydroxylation is 1. The first-order chi connectivity index (χ1) is 9.33. The monoisotopic (exact) mass is 258 g/mol. The SMILES string of the molecule is C[C@H]1CN2CCC[C@H]2CN1CCCc1ccccc1. The van der Waals surface area contributed by atoms with E-state index in [1.165, 1.54) is 57.4 Å². The molecule has 2 saturated heterocycles. The van der Waals surface area contributed by atoms with Gasteiger partial charge in [-0.1, -0.05) is 30.3 Å². The van der Waals surface area contributed by atoms with Gasteiger partial charge in [-0.15, -0.1) is 0 Å². The summed E-state index contributed by atoms with van der Waals surface area (Å²) in [6.45, 7) is 7.59. The second kappa shape index (κ2) is 6.06. The van der Waals surface area contributed by atoms with E-state index in [2.05, 4.69) is 47.1 Å². The molecule has 0 aromatic heterocycles. The van der Waals surface area contributed by atoms with Gasteiger partial charge in [0.25, 0.3) is 0 Å². The smallest absolute Gasteiger partial charge is 0.0224 e. The van der Waals surface area contributed by atoms with Crippen LogP contribution in [0.15, 0.2) is 30.3 Å². The van der Waals surface area contributed by atoms with Gasteiger partial charge in [-0.25, -0.2) is 0 Å². The number of benzene rings is 1. The van der Waals surface area contributed by atoms with Crippen LogP contribution in [0.1, 0.15) is 31.7 Å². The van der Waals surface area contributed by atoms with Gasteiger partial charge in [0.2, 0.25) is 0 Å². The van der Waals surface area contributed by atoms with Gasteiger partial charge in [-0.05, 0) is 51.3 Å². The minimum atomic E-state index is 0.741. The molecule has 3 rings (SSSR count). The van der Waals surface area contributed by atoms with Crippen molar-refractivity contribution in [2.24, 2.45) is 0 Å². The second-order valence-electron chi connectivity index (χ2n) is 6.22. The first kappa shape index (κ1) is 13.1. The van der Waals surface area contributed by atoms with Gasteiger partial charge in [-0.3, -0.25) is 9.80 Å². The van der Waals surface area contributed by atoms with E-state index in [9.17, 15) is 0 Å². The molecule has 1 aromatic carbocycles. The zero-order valence-corrected chi connectivity index (χ0v) is 12.1. The summed E-state index contributed by atoms with van der Waals surface area (Å²) < 4.78 is 0. The molecule has 2 nitrogen and oxygen atoms in total. The van der Waals surface area contributed by atoms with Crippen molar-refractivity contribution in [2.45, 2.75) is 44.7 Å². The Morgan fingerprint density at radius 1 is 1.16 bits per heavy atom. The van der Waals surface area contributed by atoms with Crippen molar-refractivity contribution < 1.29 is 0 Å². The van der Waals surface area contributed by atoms with Gasteiger partial charge in [0, 0.05) is 25.2 Å². The van der Waals surface area contributed by atoms with Gasteiger partial charge < -0.3 is 0 Å². The Morgan fingerprint density at radius 3 is 2.84 bits per heavy atom. The predicted octanol–water partition coefficient (Wildman–Crippen LogP) is 2.79. The van der Waals surface area contributed by atoms with Crippen LogP contribution >= 0.6 is 0 Å². The molecule has 0 saturated carbocycles. The van der Waals surface area contributed by atoms with Gasteiger partial charge in [0.1, 0.15) is 0 Å². The highest BCUT2D eigenvalue weighted by atomic mass is 15.3. The lowest BCUT2D eigenvalue weighted by Crippen LogP contribution is -2.55. The number of hydrogen-bond donors (Lipinski definition) is 0. The molecule has 0 spiro atoms. The van der Waals surface area contributed by atoms with Crippen molar-refractivity contribution in [1.29, 1.82) is 0 Å². The second-order valence-corrected chi connectivity index (χ2v) is 6.22. The lowest BCUT2D eigenvalue weighted by atomic mass is 10.1. The van der Waals surface area contributed by atoms with E-state index >= 15 is 0 Å². The maximum atomic E-state index is 2.72. The Hall–Kier alpha value is -0.860. The number of fused-ring (bicyclic) bond motifs is 1. The fourth-order valence-electron chi connectivity index (χ4n) is 3.69. The van der Waals surface area contributed by atoms with Crippen LogP contribution in [-0.4, -0.2) is 48.1 Å². The van der Waals surface area contributed by atoms with Crippen molar-refractivity contribution in [3.63, 3.8) is 0 Å². The molecule has 2 heterocycles. The van der Waals surface area contributed by atoms with Crippen LogP contribution in [0.3, 0.4) is 0 Å². The third kappa shape index (κ3) is 3.18. The molecule has 0 bridgehead atoms. The van der Waals surface area contributed by atoms with Gasteiger partial charge in [0.15, 0.2) is 0 Å². The molecular formula is C17H26N2. The molecule has 0 amide bonds. The van der Waals surface area contributed by atoms with Crippen LogP contribution in [0.25, 0.3) is 0 Å². The van der Waals surface area contributed by atoms with Crippen LogP contribution in [0.2, 0.25) is 0 Å². The maximum Gasteiger partial charge on any atom is 0.0224 e. The van der Waals surface area contributed by atoms with Gasteiger partial charge in [0.05, 0.1) is 0 Å². The van der Waals surface area contributed by atoms with Crippen LogP contribution in [-0.2, 0) is 6.42 Å². The van der Waals surface area contributed by atoms with Crippen LogP contribution in [0.5, 0.6) is 0 Å². The van der Waals surface area contributed by atoms with Crippen molar-refractivity contribution in [1.82, 2.24) is 9.80 Å². The van der Waals surface area contributed by atoms with E-state index in [0.717, 1.165) is 12.1 Å². The average molecular weight is 258 g/mol. The zero-order chi connectivity index (χ0) is 13.1. The third-order valence-electron chi connectivity index (χ3n) is 4.82. The van der Waals surface area contributed by atoms with Crippen molar-refractivity contribution in [2.75, 3.05) is 26.2 Å². The van der Waals surface area contributed by atoms with E-state index in [0.29, 0.717) is 0 Å². The predicted molar refractivity (Wildman–Crippen MR) is 80.4 cm³/mol. The molecule has 19 heavy (non-hydrogen) atoms. The molecule has 0 aliphatic carbocycles. The molecular weight excluding hydrogens is 232 g/mol. The molecule has 0 N–H and O–H groups in total. The summed E-state index contributed by atoms with van der Waals surface area (Å²) in [6.07, 6.45) is 5.34. The van der Waals surface area contributed by atoms with E-state index < -0.39 is 0 Å². The summed E-state index contributed by atoms with van der Waals surface area (Å²) in [7, 11) is 0. The molecule has 2 fully saturated rings. The largest absolute Gasteiger partial charge is 0.298 e. The van der Waals surface area contributed by atoms with Crippen molar-refractivity contribution in [3.8, 4) is 0 Å². The number of hydrogen-bond acceptors (Lipinski definition) is 2. The van der Waals surface area contributed by atoms with Crippen LogP contribution in [0, 0.1) is 0 Å². The number of piperazine rings is 1. The third-order valence-corrected chi connectivity index (χ3v) is 4.82.